The number of nitrogens with zero attached hydrogens (tertiary/aromatic N) is 3. The third kappa shape index (κ3) is 3.08. The van der Waals surface area contributed by atoms with Crippen molar-refractivity contribution >= 4 is 49.1 Å². The molecule has 0 aliphatic carbocycles. The normalized spacial score (nSPS) is 11.8. The molecule has 3 aromatic rings. The number of carbonyl (C=O) groups is 1. The Bertz CT molecular complexity index is 1010. The van der Waals surface area contributed by atoms with Crippen molar-refractivity contribution in [3.63, 3.8) is 0 Å². The third-order valence-electron chi connectivity index (χ3n) is 3.27. The molecule has 116 valence electrons. The second-order valence-corrected chi connectivity index (χ2v) is 6.70. The van der Waals surface area contributed by atoms with Gasteiger partial charge in [-0.2, -0.15) is 4.99 Å². The van der Waals surface area contributed by atoms with Crippen molar-refractivity contribution in [3.8, 4) is 0 Å². The lowest BCUT2D eigenvalue weighted by Gasteiger charge is -1.97. The SMILES string of the molecule is Cn1c(=NC(=O)c2cccc([N+](=O)[O-])c2)sc2cc(Br)ccc21. The van der Waals surface area contributed by atoms with Crippen LogP contribution in [0.4, 0.5) is 5.69 Å². The highest BCUT2D eigenvalue weighted by atomic mass is 79.9. The second kappa shape index (κ2) is 6.05. The molecule has 8 heteroatoms. The number of fused-ring (bicyclic) bond motifs is 1. The number of hydrogen-bond acceptors (Lipinski definition) is 4. The first-order chi connectivity index (χ1) is 11.0. The molecule has 0 aliphatic heterocycles. The number of thiazole rings is 1. The molecule has 0 saturated carbocycles. The summed E-state index contributed by atoms with van der Waals surface area (Å²) in [4.78, 5) is 27.2. The fourth-order valence-corrected chi connectivity index (χ4v) is 3.69. The van der Waals surface area contributed by atoms with Gasteiger partial charge in [0.15, 0.2) is 4.80 Å². The van der Waals surface area contributed by atoms with Crippen LogP contribution >= 0.6 is 27.3 Å². The maximum absolute atomic E-state index is 12.3. The Balaban J connectivity index is 2.07. The van der Waals surface area contributed by atoms with Gasteiger partial charge in [-0.15, -0.1) is 0 Å². The number of halogens is 1. The molecule has 0 unspecified atom stereocenters. The summed E-state index contributed by atoms with van der Waals surface area (Å²) in [7, 11) is 1.83. The van der Waals surface area contributed by atoms with Crippen LogP contribution in [0.5, 0.6) is 0 Å². The first kappa shape index (κ1) is 15.6. The molecule has 3 rings (SSSR count). The molecule has 0 N–H and O–H groups in total. The standard InChI is InChI=1S/C15H10BrN3O3S/c1-18-12-6-5-10(16)8-13(12)23-15(18)17-14(20)9-3-2-4-11(7-9)19(21)22/h2-8H,1H3. The van der Waals surface area contributed by atoms with Crippen LogP contribution in [0.2, 0.25) is 0 Å². The predicted molar refractivity (Wildman–Crippen MR) is 91.5 cm³/mol. The summed E-state index contributed by atoms with van der Waals surface area (Å²) in [5, 5.41) is 10.8. The monoisotopic (exact) mass is 391 g/mol. The Morgan fingerprint density at radius 2 is 2.09 bits per heavy atom. The molecule has 1 aromatic heterocycles. The van der Waals surface area contributed by atoms with Gasteiger partial charge >= 0.3 is 0 Å². The van der Waals surface area contributed by atoms with Crippen molar-refractivity contribution in [2.45, 2.75) is 0 Å². The minimum absolute atomic E-state index is 0.129. The Kier molecular flexibility index (Phi) is 4.10. The van der Waals surface area contributed by atoms with E-state index in [1.807, 2.05) is 29.8 Å². The van der Waals surface area contributed by atoms with Crippen molar-refractivity contribution in [3.05, 3.63) is 67.4 Å². The maximum Gasteiger partial charge on any atom is 0.279 e. The molecule has 0 spiro atoms. The Hall–Kier alpha value is -2.32. The molecule has 0 fully saturated rings. The van der Waals surface area contributed by atoms with E-state index in [4.69, 9.17) is 0 Å². The van der Waals surface area contributed by atoms with E-state index >= 15 is 0 Å². The maximum atomic E-state index is 12.3. The van der Waals surface area contributed by atoms with Crippen molar-refractivity contribution in [2.75, 3.05) is 0 Å². The number of nitro benzene ring substituents is 1. The van der Waals surface area contributed by atoms with Gasteiger partial charge in [-0.05, 0) is 24.3 Å². The quantitative estimate of drug-likeness (QED) is 0.493. The van der Waals surface area contributed by atoms with Crippen LogP contribution in [0.15, 0.2) is 51.9 Å². The first-order valence-electron chi connectivity index (χ1n) is 6.54. The Labute approximate surface area is 143 Å². The van der Waals surface area contributed by atoms with Crippen LogP contribution in [0.25, 0.3) is 10.2 Å². The molecule has 1 amide bonds. The fourth-order valence-electron chi connectivity index (χ4n) is 2.12. The van der Waals surface area contributed by atoms with Gasteiger partial charge in [-0.1, -0.05) is 33.3 Å². The summed E-state index contributed by atoms with van der Waals surface area (Å²) in [6.45, 7) is 0. The molecule has 0 bridgehead atoms. The predicted octanol–water partition coefficient (Wildman–Crippen LogP) is 3.65. The van der Waals surface area contributed by atoms with Crippen LogP contribution in [-0.2, 0) is 7.05 Å². The molecule has 0 saturated heterocycles. The highest BCUT2D eigenvalue weighted by Gasteiger charge is 2.11. The van der Waals surface area contributed by atoms with Crippen LogP contribution in [0.1, 0.15) is 10.4 Å². The third-order valence-corrected chi connectivity index (χ3v) is 4.86. The van der Waals surface area contributed by atoms with E-state index in [0.717, 1.165) is 14.7 Å². The average Bonchev–Trinajstić information content (AvgIpc) is 2.82. The zero-order valence-corrected chi connectivity index (χ0v) is 14.3. The molecule has 2 aromatic carbocycles. The van der Waals surface area contributed by atoms with Gasteiger partial charge in [0.1, 0.15) is 0 Å². The van der Waals surface area contributed by atoms with Crippen LogP contribution in [-0.4, -0.2) is 15.4 Å². The van der Waals surface area contributed by atoms with E-state index in [2.05, 4.69) is 20.9 Å². The largest absolute Gasteiger partial charge is 0.319 e. The summed E-state index contributed by atoms with van der Waals surface area (Å²) in [6.07, 6.45) is 0. The number of aromatic nitrogens is 1. The van der Waals surface area contributed by atoms with Crippen LogP contribution in [0, 0.1) is 10.1 Å². The van der Waals surface area contributed by atoms with E-state index < -0.39 is 10.8 Å². The van der Waals surface area contributed by atoms with Crippen molar-refractivity contribution in [2.24, 2.45) is 12.0 Å². The molecule has 0 atom stereocenters. The van der Waals surface area contributed by atoms with E-state index in [1.165, 1.54) is 35.6 Å². The van der Waals surface area contributed by atoms with Crippen molar-refractivity contribution in [1.29, 1.82) is 0 Å². The number of benzene rings is 2. The van der Waals surface area contributed by atoms with E-state index in [1.54, 1.807) is 0 Å². The van der Waals surface area contributed by atoms with Gasteiger partial charge in [0.05, 0.1) is 15.1 Å². The molecule has 0 aliphatic rings. The van der Waals surface area contributed by atoms with Gasteiger partial charge in [0.25, 0.3) is 11.6 Å². The minimum atomic E-state index is -0.534. The summed E-state index contributed by atoms with van der Waals surface area (Å²) in [6, 6.07) is 11.4. The van der Waals surface area contributed by atoms with Crippen LogP contribution < -0.4 is 4.80 Å². The summed E-state index contributed by atoms with van der Waals surface area (Å²) in [5.41, 5.74) is 1.03. The topological polar surface area (TPSA) is 77.5 Å². The fraction of sp³-hybridized carbons (Fsp3) is 0.0667. The van der Waals surface area contributed by atoms with Crippen molar-refractivity contribution in [1.82, 2.24) is 4.57 Å². The van der Waals surface area contributed by atoms with Gasteiger partial charge < -0.3 is 4.57 Å². The van der Waals surface area contributed by atoms with Gasteiger partial charge in [-0.3, -0.25) is 14.9 Å². The number of nitro groups is 1. The number of carbonyl (C=O) groups excluding carboxylic acids is 1. The zero-order valence-electron chi connectivity index (χ0n) is 11.9. The number of amides is 1. The van der Waals surface area contributed by atoms with Crippen molar-refractivity contribution < 1.29 is 9.72 Å². The minimum Gasteiger partial charge on any atom is -0.319 e. The first-order valence-corrected chi connectivity index (χ1v) is 8.15. The Morgan fingerprint density at radius 3 is 2.83 bits per heavy atom. The lowest BCUT2D eigenvalue weighted by molar-refractivity contribution is -0.384. The molecule has 6 nitrogen and oxygen atoms in total. The molecular weight excluding hydrogens is 382 g/mol. The Morgan fingerprint density at radius 1 is 1.30 bits per heavy atom. The number of aryl methyl sites for hydroxylation is 1. The lowest BCUT2D eigenvalue weighted by atomic mass is 10.2. The number of rotatable bonds is 2. The highest BCUT2D eigenvalue weighted by molar-refractivity contribution is 9.10. The smallest absolute Gasteiger partial charge is 0.279 e. The molecule has 23 heavy (non-hydrogen) atoms. The molecule has 0 radical (unpaired) electrons. The summed E-state index contributed by atoms with van der Waals surface area (Å²) in [5.74, 6) is -0.505. The number of non-ortho nitro benzene ring substituents is 1. The van der Waals surface area contributed by atoms with Gasteiger partial charge in [-0.25, -0.2) is 0 Å². The number of hydrogen-bond donors (Lipinski definition) is 0. The highest BCUT2D eigenvalue weighted by Crippen LogP contribution is 2.21. The zero-order chi connectivity index (χ0) is 16.6. The second-order valence-electron chi connectivity index (χ2n) is 4.78. The van der Waals surface area contributed by atoms with E-state index in [9.17, 15) is 14.9 Å². The summed E-state index contributed by atoms with van der Waals surface area (Å²) < 4.78 is 3.76. The van der Waals surface area contributed by atoms with Crippen LogP contribution in [0.3, 0.4) is 0 Å². The van der Waals surface area contributed by atoms with E-state index in [0.29, 0.717) is 4.80 Å². The van der Waals surface area contributed by atoms with E-state index in [-0.39, 0.29) is 11.3 Å². The summed E-state index contributed by atoms with van der Waals surface area (Å²) >= 11 is 4.79. The van der Waals surface area contributed by atoms with Gasteiger partial charge in [0.2, 0.25) is 0 Å². The lowest BCUT2D eigenvalue weighted by Crippen LogP contribution is -2.13. The van der Waals surface area contributed by atoms with Gasteiger partial charge in [0, 0.05) is 29.2 Å². The molecular formula is C15H10BrN3O3S. The average molecular weight is 392 g/mol. The molecule has 1 heterocycles.